The van der Waals surface area contributed by atoms with E-state index < -0.39 is 29.7 Å². The maximum absolute atomic E-state index is 13.0. The van der Waals surface area contributed by atoms with Gasteiger partial charge < -0.3 is 11.1 Å². The molecule has 142 valence electrons. The van der Waals surface area contributed by atoms with E-state index >= 15 is 0 Å². The normalized spacial score (nSPS) is 18.9. The molecule has 2 aromatic rings. The van der Waals surface area contributed by atoms with Crippen molar-refractivity contribution in [2.45, 2.75) is 25.4 Å². The number of piperidine rings is 1. The van der Waals surface area contributed by atoms with E-state index in [1.807, 2.05) is 0 Å². The van der Waals surface area contributed by atoms with E-state index in [1.54, 1.807) is 36.5 Å². The lowest BCUT2D eigenvalue weighted by molar-refractivity contribution is -0.136. The largest absolute Gasteiger partial charge is 0.382 e. The molecule has 4 amide bonds. The van der Waals surface area contributed by atoms with Crippen molar-refractivity contribution in [2.24, 2.45) is 0 Å². The highest BCUT2D eigenvalue weighted by molar-refractivity contribution is 6.24. The molecule has 1 saturated heterocycles. The summed E-state index contributed by atoms with van der Waals surface area (Å²) >= 11 is 0. The summed E-state index contributed by atoms with van der Waals surface area (Å²) in [6.45, 7) is 0.251. The van der Waals surface area contributed by atoms with E-state index in [4.69, 9.17) is 5.73 Å². The van der Waals surface area contributed by atoms with Gasteiger partial charge in [0, 0.05) is 19.2 Å². The summed E-state index contributed by atoms with van der Waals surface area (Å²) in [6, 6.07) is 7.48. The maximum Gasteiger partial charge on any atom is 0.262 e. The number of carbonyl (C=O) groups excluding carboxylic acids is 4. The van der Waals surface area contributed by atoms with Gasteiger partial charge in [-0.25, -0.2) is 4.98 Å². The lowest BCUT2D eigenvalue weighted by Crippen LogP contribution is -2.54. The van der Waals surface area contributed by atoms with Crippen LogP contribution in [0.15, 0.2) is 36.5 Å². The van der Waals surface area contributed by atoms with Gasteiger partial charge in [0.1, 0.15) is 11.9 Å². The van der Waals surface area contributed by atoms with Crippen LogP contribution in [-0.2, 0) is 16.1 Å². The van der Waals surface area contributed by atoms with E-state index in [0.29, 0.717) is 17.1 Å². The number of aromatic nitrogens is 1. The predicted octanol–water partition coefficient (Wildman–Crippen LogP) is 0.677. The number of nitrogens with one attached hydrogen (secondary N) is 2. The molecule has 0 spiro atoms. The van der Waals surface area contributed by atoms with Crippen LogP contribution in [0.4, 0.5) is 11.5 Å². The monoisotopic (exact) mass is 379 g/mol. The van der Waals surface area contributed by atoms with E-state index in [-0.39, 0.29) is 30.5 Å². The molecule has 1 aromatic carbocycles. The fourth-order valence-electron chi connectivity index (χ4n) is 3.49. The first-order chi connectivity index (χ1) is 13.5. The Balaban J connectivity index is 1.62. The Labute approximate surface area is 159 Å². The standard InChI is InChI=1S/C19H17N5O4/c20-16-12(5-2-8-21-16)22-9-10-3-1-4-11-15(10)19(28)24(18(11)27)13-6-7-14(25)23-17(13)26/h1-5,8,13,22H,6-7,9H2,(H2,20,21)(H,23,25,26). The van der Waals surface area contributed by atoms with Gasteiger partial charge in [-0.3, -0.25) is 29.4 Å². The summed E-state index contributed by atoms with van der Waals surface area (Å²) in [5, 5.41) is 5.29. The van der Waals surface area contributed by atoms with E-state index in [9.17, 15) is 19.2 Å². The molecule has 2 aliphatic heterocycles. The average molecular weight is 379 g/mol. The summed E-state index contributed by atoms with van der Waals surface area (Å²) in [7, 11) is 0. The van der Waals surface area contributed by atoms with Crippen LogP contribution in [0, 0.1) is 0 Å². The first-order valence-electron chi connectivity index (χ1n) is 8.75. The van der Waals surface area contributed by atoms with Crippen molar-refractivity contribution in [3.8, 4) is 0 Å². The lowest BCUT2D eigenvalue weighted by atomic mass is 10.0. The van der Waals surface area contributed by atoms with Crippen LogP contribution in [0.25, 0.3) is 0 Å². The number of hydrogen-bond acceptors (Lipinski definition) is 7. The third-order valence-corrected chi connectivity index (χ3v) is 4.86. The van der Waals surface area contributed by atoms with Gasteiger partial charge in [0.2, 0.25) is 11.8 Å². The number of amides is 4. The molecular formula is C19H17N5O4. The summed E-state index contributed by atoms with van der Waals surface area (Å²) in [5.74, 6) is -1.78. The number of hydrogen-bond donors (Lipinski definition) is 3. The third kappa shape index (κ3) is 2.86. The lowest BCUT2D eigenvalue weighted by Gasteiger charge is -2.27. The summed E-state index contributed by atoms with van der Waals surface area (Å²) in [4.78, 5) is 54.3. The van der Waals surface area contributed by atoms with Gasteiger partial charge in [0.15, 0.2) is 0 Å². The number of nitrogens with zero attached hydrogens (tertiary/aromatic N) is 2. The van der Waals surface area contributed by atoms with Crippen molar-refractivity contribution in [2.75, 3.05) is 11.1 Å². The molecule has 1 aromatic heterocycles. The van der Waals surface area contributed by atoms with Crippen LogP contribution in [0.2, 0.25) is 0 Å². The van der Waals surface area contributed by atoms with E-state index in [2.05, 4.69) is 15.6 Å². The Morgan fingerprint density at radius 1 is 1.14 bits per heavy atom. The van der Waals surface area contributed by atoms with Crippen molar-refractivity contribution < 1.29 is 19.2 Å². The second-order valence-electron chi connectivity index (χ2n) is 6.58. The molecule has 9 nitrogen and oxygen atoms in total. The maximum atomic E-state index is 13.0. The van der Waals surface area contributed by atoms with Crippen LogP contribution in [0.1, 0.15) is 39.1 Å². The molecule has 4 N–H and O–H groups in total. The van der Waals surface area contributed by atoms with Gasteiger partial charge in [-0.2, -0.15) is 0 Å². The van der Waals surface area contributed by atoms with Gasteiger partial charge in [-0.05, 0) is 30.2 Å². The second-order valence-corrected chi connectivity index (χ2v) is 6.58. The van der Waals surface area contributed by atoms with E-state index in [0.717, 1.165) is 4.90 Å². The van der Waals surface area contributed by atoms with Crippen LogP contribution >= 0.6 is 0 Å². The molecule has 9 heteroatoms. The minimum Gasteiger partial charge on any atom is -0.382 e. The topological polar surface area (TPSA) is 134 Å². The van der Waals surface area contributed by atoms with Crippen molar-refractivity contribution in [1.82, 2.24) is 15.2 Å². The molecule has 28 heavy (non-hydrogen) atoms. The van der Waals surface area contributed by atoms with Crippen molar-refractivity contribution in [1.29, 1.82) is 0 Å². The Morgan fingerprint density at radius 3 is 2.71 bits per heavy atom. The minimum absolute atomic E-state index is 0.0819. The predicted molar refractivity (Wildman–Crippen MR) is 99.1 cm³/mol. The average Bonchev–Trinajstić information content (AvgIpc) is 2.93. The van der Waals surface area contributed by atoms with Crippen molar-refractivity contribution in [3.05, 3.63) is 53.2 Å². The molecule has 1 atom stereocenters. The zero-order valence-electron chi connectivity index (χ0n) is 14.8. The molecule has 0 bridgehead atoms. The number of imide groups is 2. The quantitative estimate of drug-likeness (QED) is 0.665. The Bertz CT molecular complexity index is 1020. The molecule has 2 aliphatic rings. The number of nitrogen functional groups attached to an aromatic ring is 1. The number of nitrogens with two attached hydrogens (primary N) is 1. The third-order valence-electron chi connectivity index (χ3n) is 4.86. The molecule has 0 aliphatic carbocycles. The SMILES string of the molecule is Nc1ncccc1NCc1cccc2c1C(=O)N(C1CCC(=O)NC1=O)C2=O. The Kier molecular flexibility index (Phi) is 4.26. The van der Waals surface area contributed by atoms with Crippen LogP contribution < -0.4 is 16.4 Å². The summed E-state index contributed by atoms with van der Waals surface area (Å²) in [6.07, 6.45) is 1.77. The minimum atomic E-state index is -0.986. The Morgan fingerprint density at radius 2 is 1.96 bits per heavy atom. The Hall–Kier alpha value is -3.75. The summed E-state index contributed by atoms with van der Waals surface area (Å²) < 4.78 is 0. The first kappa shape index (κ1) is 17.7. The number of benzene rings is 1. The summed E-state index contributed by atoms with van der Waals surface area (Å²) in [5.41, 5.74) is 7.53. The molecule has 0 saturated carbocycles. The van der Waals surface area contributed by atoms with Gasteiger partial charge in [0.05, 0.1) is 16.8 Å². The zero-order valence-corrected chi connectivity index (χ0v) is 14.8. The highest BCUT2D eigenvalue weighted by Crippen LogP contribution is 2.30. The van der Waals surface area contributed by atoms with Crippen LogP contribution in [0.5, 0.6) is 0 Å². The fourth-order valence-corrected chi connectivity index (χ4v) is 3.49. The molecule has 1 fully saturated rings. The van der Waals surface area contributed by atoms with Gasteiger partial charge in [-0.15, -0.1) is 0 Å². The number of carbonyl (C=O) groups is 4. The first-order valence-corrected chi connectivity index (χ1v) is 8.75. The van der Waals surface area contributed by atoms with Crippen molar-refractivity contribution in [3.63, 3.8) is 0 Å². The molecule has 3 heterocycles. The smallest absolute Gasteiger partial charge is 0.262 e. The second kappa shape index (κ2) is 6.76. The fraction of sp³-hybridized carbons (Fsp3) is 0.211. The highest BCUT2D eigenvalue weighted by Gasteiger charge is 2.45. The zero-order chi connectivity index (χ0) is 19.8. The molecule has 0 radical (unpaired) electrons. The van der Waals surface area contributed by atoms with Gasteiger partial charge in [0.25, 0.3) is 11.8 Å². The van der Waals surface area contributed by atoms with Crippen LogP contribution in [-0.4, -0.2) is 39.6 Å². The van der Waals surface area contributed by atoms with Crippen LogP contribution in [0.3, 0.4) is 0 Å². The van der Waals surface area contributed by atoms with Gasteiger partial charge in [-0.1, -0.05) is 12.1 Å². The number of fused-ring (bicyclic) bond motifs is 1. The molecular weight excluding hydrogens is 362 g/mol. The number of rotatable bonds is 4. The van der Waals surface area contributed by atoms with Gasteiger partial charge >= 0.3 is 0 Å². The number of anilines is 2. The van der Waals surface area contributed by atoms with Crippen molar-refractivity contribution >= 4 is 35.1 Å². The highest BCUT2D eigenvalue weighted by atomic mass is 16.2. The van der Waals surface area contributed by atoms with E-state index in [1.165, 1.54) is 0 Å². The number of pyridine rings is 1. The molecule has 1 unspecified atom stereocenters. The molecule has 4 rings (SSSR count).